The smallest absolute Gasteiger partial charge is 0.387 e. The highest BCUT2D eigenvalue weighted by Gasteiger charge is 2.27. The van der Waals surface area contributed by atoms with Gasteiger partial charge in [-0.25, -0.2) is 4.57 Å². The number of amides is 1. The molecule has 3 unspecified atom stereocenters. The van der Waals surface area contributed by atoms with Gasteiger partial charge in [0.1, 0.15) is 13.2 Å². The molecular weight excluding hydrogens is 599 g/mol. The minimum Gasteiger partial charge on any atom is -0.387 e. The number of nitrogens with one attached hydrogen (secondary N) is 1. The van der Waals surface area contributed by atoms with E-state index in [-0.39, 0.29) is 19.1 Å². The zero-order chi connectivity index (χ0) is 34.4. The lowest BCUT2D eigenvalue weighted by atomic mass is 10.1. The van der Waals surface area contributed by atoms with Gasteiger partial charge in [0, 0.05) is 6.42 Å². The molecule has 0 aromatic rings. The molecule has 0 saturated carbocycles. The van der Waals surface area contributed by atoms with Gasteiger partial charge in [0.15, 0.2) is 0 Å². The van der Waals surface area contributed by atoms with Crippen molar-refractivity contribution in [3.05, 3.63) is 36.5 Å². The molecular formula is C37H72N2O6P+. The fraction of sp³-hybridized carbons (Fsp3) is 0.811. The molecule has 3 atom stereocenters. The van der Waals surface area contributed by atoms with E-state index in [4.69, 9.17) is 9.05 Å². The Hall–Kier alpha value is -1.28. The maximum Gasteiger partial charge on any atom is 0.472 e. The Morgan fingerprint density at radius 3 is 1.76 bits per heavy atom. The van der Waals surface area contributed by atoms with Gasteiger partial charge in [-0.05, 0) is 57.8 Å². The third-order valence-electron chi connectivity index (χ3n) is 7.83. The van der Waals surface area contributed by atoms with Gasteiger partial charge < -0.3 is 19.8 Å². The van der Waals surface area contributed by atoms with Crippen LogP contribution in [-0.2, 0) is 18.4 Å². The molecule has 8 nitrogen and oxygen atoms in total. The van der Waals surface area contributed by atoms with E-state index in [2.05, 4.69) is 43.5 Å². The van der Waals surface area contributed by atoms with Gasteiger partial charge in [-0.1, -0.05) is 115 Å². The van der Waals surface area contributed by atoms with E-state index in [1.165, 1.54) is 70.6 Å². The average Bonchev–Trinajstić information content (AvgIpc) is 2.99. The summed E-state index contributed by atoms with van der Waals surface area (Å²) in [5.74, 6) is -0.201. The molecule has 3 N–H and O–H groups in total. The zero-order valence-electron chi connectivity index (χ0n) is 30.3. The molecule has 0 rings (SSSR count). The third-order valence-corrected chi connectivity index (χ3v) is 8.82. The number of rotatable bonds is 32. The van der Waals surface area contributed by atoms with Crippen LogP contribution in [0.4, 0.5) is 0 Å². The van der Waals surface area contributed by atoms with E-state index in [1.54, 1.807) is 6.08 Å². The van der Waals surface area contributed by atoms with E-state index >= 15 is 0 Å². The van der Waals surface area contributed by atoms with Gasteiger partial charge in [-0.15, -0.1) is 0 Å². The van der Waals surface area contributed by atoms with Crippen LogP contribution in [0.3, 0.4) is 0 Å². The Morgan fingerprint density at radius 2 is 1.20 bits per heavy atom. The predicted molar refractivity (Wildman–Crippen MR) is 194 cm³/mol. The molecule has 9 heteroatoms. The van der Waals surface area contributed by atoms with Crippen LogP contribution in [-0.4, -0.2) is 73.4 Å². The highest BCUT2D eigenvalue weighted by atomic mass is 31.2. The van der Waals surface area contributed by atoms with Crippen LogP contribution >= 0.6 is 7.82 Å². The van der Waals surface area contributed by atoms with Crippen molar-refractivity contribution in [2.75, 3.05) is 40.9 Å². The van der Waals surface area contributed by atoms with Gasteiger partial charge in [-0.3, -0.25) is 13.8 Å². The Morgan fingerprint density at radius 1 is 0.717 bits per heavy atom. The van der Waals surface area contributed by atoms with Crippen LogP contribution in [0.1, 0.15) is 142 Å². The molecule has 0 aliphatic carbocycles. The Kier molecular flexibility index (Phi) is 29.0. The molecule has 46 heavy (non-hydrogen) atoms. The van der Waals surface area contributed by atoms with Crippen molar-refractivity contribution in [1.29, 1.82) is 0 Å². The predicted octanol–water partition coefficient (Wildman–Crippen LogP) is 9.18. The lowest BCUT2D eigenvalue weighted by Gasteiger charge is -2.25. The quantitative estimate of drug-likeness (QED) is 0.0285. The maximum absolute atomic E-state index is 12.7. The van der Waals surface area contributed by atoms with E-state index in [9.17, 15) is 19.4 Å². The number of phosphoric ester groups is 1. The number of carbonyl (C=O) groups is 1. The van der Waals surface area contributed by atoms with Crippen molar-refractivity contribution >= 4 is 13.7 Å². The summed E-state index contributed by atoms with van der Waals surface area (Å²) >= 11 is 0. The summed E-state index contributed by atoms with van der Waals surface area (Å²) < 4.78 is 23.4. The number of phosphoric acid groups is 1. The van der Waals surface area contributed by atoms with E-state index < -0.39 is 20.0 Å². The van der Waals surface area contributed by atoms with Crippen molar-refractivity contribution in [2.45, 2.75) is 154 Å². The van der Waals surface area contributed by atoms with E-state index in [1.807, 2.05) is 27.2 Å². The van der Waals surface area contributed by atoms with Gasteiger partial charge in [-0.2, -0.15) is 0 Å². The van der Waals surface area contributed by atoms with Crippen LogP contribution in [0, 0.1) is 0 Å². The highest BCUT2D eigenvalue weighted by Crippen LogP contribution is 2.43. The minimum absolute atomic E-state index is 0.0539. The summed E-state index contributed by atoms with van der Waals surface area (Å²) in [4.78, 5) is 22.9. The van der Waals surface area contributed by atoms with Gasteiger partial charge in [0.2, 0.25) is 5.91 Å². The highest BCUT2D eigenvalue weighted by molar-refractivity contribution is 7.47. The largest absolute Gasteiger partial charge is 0.472 e. The molecule has 0 aromatic heterocycles. The second-order valence-corrected chi connectivity index (χ2v) is 15.0. The first-order valence-electron chi connectivity index (χ1n) is 18.4. The molecule has 0 heterocycles. The van der Waals surface area contributed by atoms with Crippen LogP contribution in [0.2, 0.25) is 0 Å². The van der Waals surface area contributed by atoms with Gasteiger partial charge in [0.25, 0.3) is 0 Å². The third kappa shape index (κ3) is 31.3. The summed E-state index contributed by atoms with van der Waals surface area (Å²) in [5.41, 5.74) is 0. The Labute approximate surface area is 283 Å². The first-order chi connectivity index (χ1) is 22.0. The van der Waals surface area contributed by atoms with Crippen LogP contribution in [0.25, 0.3) is 0 Å². The average molecular weight is 672 g/mol. The van der Waals surface area contributed by atoms with Crippen LogP contribution in [0.5, 0.6) is 0 Å². The fourth-order valence-electron chi connectivity index (χ4n) is 4.81. The summed E-state index contributed by atoms with van der Waals surface area (Å²) in [6.45, 7) is 4.71. The molecule has 0 aliphatic heterocycles. The van der Waals surface area contributed by atoms with Crippen molar-refractivity contribution in [3.8, 4) is 0 Å². The Balaban J connectivity index is 4.63. The lowest BCUT2D eigenvalue weighted by Crippen LogP contribution is -2.45. The molecule has 0 radical (unpaired) electrons. The maximum atomic E-state index is 12.7. The first-order valence-corrected chi connectivity index (χ1v) is 19.9. The number of quaternary nitrogens is 1. The number of hydrogen-bond acceptors (Lipinski definition) is 5. The molecule has 0 spiro atoms. The summed E-state index contributed by atoms with van der Waals surface area (Å²) in [6.07, 6.45) is 33.5. The van der Waals surface area contributed by atoms with Crippen LogP contribution in [0.15, 0.2) is 36.5 Å². The number of nitrogens with zero attached hydrogens (tertiary/aromatic N) is 1. The lowest BCUT2D eigenvalue weighted by molar-refractivity contribution is -0.870. The monoisotopic (exact) mass is 672 g/mol. The second kappa shape index (κ2) is 29.8. The fourth-order valence-corrected chi connectivity index (χ4v) is 5.55. The van der Waals surface area contributed by atoms with Crippen molar-refractivity contribution in [2.24, 2.45) is 0 Å². The first kappa shape index (κ1) is 44.7. The molecule has 0 bridgehead atoms. The van der Waals surface area contributed by atoms with E-state index in [0.717, 1.165) is 51.4 Å². The Bertz CT molecular complexity index is 855. The summed E-state index contributed by atoms with van der Waals surface area (Å²) in [6, 6.07) is -0.862. The molecule has 0 fully saturated rings. The number of carbonyl (C=O) groups excluding carboxylic acids is 1. The molecule has 0 saturated heterocycles. The van der Waals surface area contributed by atoms with Crippen molar-refractivity contribution < 1.29 is 32.9 Å². The number of aliphatic hydroxyl groups is 1. The number of likely N-dealkylation sites (N-methyl/N-ethyl adjacent to an activating group) is 1. The van der Waals surface area contributed by atoms with Crippen LogP contribution < -0.4 is 5.32 Å². The second-order valence-electron chi connectivity index (χ2n) is 13.6. The topological polar surface area (TPSA) is 105 Å². The van der Waals surface area contributed by atoms with E-state index in [0.29, 0.717) is 17.4 Å². The van der Waals surface area contributed by atoms with Gasteiger partial charge >= 0.3 is 7.82 Å². The van der Waals surface area contributed by atoms with Gasteiger partial charge in [0.05, 0.1) is 39.9 Å². The zero-order valence-corrected chi connectivity index (χ0v) is 31.2. The molecule has 270 valence electrons. The molecule has 0 aliphatic rings. The standard InChI is InChI=1S/C37H71N2O6P/c1-6-8-10-12-14-16-18-19-21-23-25-27-29-31-37(41)38-35(34-45-46(42,43)44-33-32-39(3,4)5)36(40)30-28-26-24-22-20-17-15-13-11-9-7-2/h16,18,20,22,28,30,35-36,40H,6-15,17,19,21,23-27,29,31-34H2,1-5H3,(H-,38,41,42,43)/p+1/b18-16-,22-20+,30-28+. The number of aliphatic hydroxyl groups excluding tert-OH is 1. The molecule has 1 amide bonds. The minimum atomic E-state index is -4.33. The molecule has 0 aromatic carbocycles. The summed E-state index contributed by atoms with van der Waals surface area (Å²) in [7, 11) is 1.54. The number of allylic oxidation sites excluding steroid dienone is 5. The SMILES string of the molecule is CCCCCC/C=C\CCCCCCCC(=O)NC(COP(=O)(O)OCC[N+](C)(C)C)C(O)/C=C/CC/C=C/CCCCCCC. The number of hydrogen-bond donors (Lipinski definition) is 3. The van der Waals surface area contributed by atoms with Crippen molar-refractivity contribution in [1.82, 2.24) is 5.32 Å². The summed E-state index contributed by atoms with van der Waals surface area (Å²) in [5, 5.41) is 13.7. The normalized spacial score (nSPS) is 15.2. The number of unbranched alkanes of at least 4 members (excludes halogenated alkanes) is 15. The van der Waals surface area contributed by atoms with Crippen molar-refractivity contribution in [3.63, 3.8) is 0 Å².